The molecular formula is C23H24N2O3. The highest BCUT2D eigenvalue weighted by atomic mass is 16.5. The van der Waals surface area contributed by atoms with Crippen LogP contribution in [0.4, 0.5) is 0 Å². The predicted octanol–water partition coefficient (Wildman–Crippen LogP) is 3.52. The number of carbonyl (C=O) groups excluding carboxylic acids is 1. The monoisotopic (exact) mass is 376 g/mol. The first-order chi connectivity index (χ1) is 13.5. The van der Waals surface area contributed by atoms with Crippen molar-refractivity contribution >= 4 is 5.91 Å². The van der Waals surface area contributed by atoms with Gasteiger partial charge in [0.2, 0.25) is 0 Å². The van der Waals surface area contributed by atoms with Crippen LogP contribution in [0.25, 0.3) is 0 Å². The molecule has 0 saturated carbocycles. The number of hydrogen-bond donors (Lipinski definition) is 2. The van der Waals surface area contributed by atoms with Crippen LogP contribution in [-0.2, 0) is 13.0 Å². The Labute approximate surface area is 164 Å². The number of H-pyrrole nitrogens is 1. The quantitative estimate of drug-likeness (QED) is 0.691. The number of amides is 1. The zero-order chi connectivity index (χ0) is 20.1. The highest BCUT2D eigenvalue weighted by molar-refractivity contribution is 5.94. The van der Waals surface area contributed by atoms with Crippen LogP contribution in [0, 0.1) is 13.8 Å². The summed E-state index contributed by atoms with van der Waals surface area (Å²) in [6.45, 7) is 3.91. The van der Waals surface area contributed by atoms with Crippen LogP contribution in [0.3, 0.4) is 0 Å². The van der Waals surface area contributed by atoms with E-state index < -0.39 is 0 Å². The molecule has 0 radical (unpaired) electrons. The van der Waals surface area contributed by atoms with Gasteiger partial charge in [-0.1, -0.05) is 30.3 Å². The number of pyridine rings is 1. The van der Waals surface area contributed by atoms with Crippen molar-refractivity contribution in [3.05, 3.63) is 98.5 Å². The molecule has 0 atom stereocenters. The number of benzene rings is 2. The van der Waals surface area contributed by atoms with Crippen LogP contribution in [-0.4, -0.2) is 18.0 Å². The van der Waals surface area contributed by atoms with E-state index in [1.54, 1.807) is 19.2 Å². The SMILES string of the molecule is COc1ccccc1Cc1ccc(C(=O)NCc2c(C)cc(C)[nH]c2=O)cc1. The van der Waals surface area contributed by atoms with Gasteiger partial charge in [-0.25, -0.2) is 0 Å². The molecule has 1 aromatic heterocycles. The minimum atomic E-state index is -0.205. The summed E-state index contributed by atoms with van der Waals surface area (Å²) >= 11 is 0. The van der Waals surface area contributed by atoms with Gasteiger partial charge in [-0.3, -0.25) is 9.59 Å². The normalized spacial score (nSPS) is 10.5. The molecule has 3 aromatic rings. The fraction of sp³-hybridized carbons (Fsp3) is 0.217. The average Bonchev–Trinajstić information content (AvgIpc) is 2.68. The van der Waals surface area contributed by atoms with Crippen LogP contribution >= 0.6 is 0 Å². The van der Waals surface area contributed by atoms with Crippen molar-refractivity contribution in [2.24, 2.45) is 0 Å². The predicted molar refractivity (Wildman–Crippen MR) is 110 cm³/mol. The van der Waals surface area contributed by atoms with E-state index in [1.807, 2.05) is 56.3 Å². The summed E-state index contributed by atoms with van der Waals surface area (Å²) in [7, 11) is 1.66. The third kappa shape index (κ3) is 4.49. The second-order valence-electron chi connectivity index (χ2n) is 6.81. The number of aromatic amines is 1. The molecule has 144 valence electrons. The molecule has 5 nitrogen and oxygen atoms in total. The van der Waals surface area contributed by atoms with E-state index in [2.05, 4.69) is 10.3 Å². The van der Waals surface area contributed by atoms with E-state index in [0.717, 1.165) is 34.6 Å². The van der Waals surface area contributed by atoms with E-state index in [9.17, 15) is 9.59 Å². The smallest absolute Gasteiger partial charge is 0.253 e. The Morgan fingerprint density at radius 1 is 1.07 bits per heavy atom. The maximum absolute atomic E-state index is 12.4. The van der Waals surface area contributed by atoms with E-state index >= 15 is 0 Å². The molecule has 0 aliphatic heterocycles. The van der Waals surface area contributed by atoms with Gasteiger partial charge in [-0.05, 0) is 54.8 Å². The fourth-order valence-electron chi connectivity index (χ4n) is 3.21. The maximum atomic E-state index is 12.4. The first kappa shape index (κ1) is 19.4. The van der Waals surface area contributed by atoms with Gasteiger partial charge >= 0.3 is 0 Å². The standard InChI is InChI=1S/C23H24N2O3/c1-15-12-16(2)25-23(27)20(15)14-24-22(26)18-10-8-17(9-11-18)13-19-6-4-5-7-21(19)28-3/h4-12H,13-14H2,1-3H3,(H,24,26)(H,25,27). The molecule has 1 heterocycles. The van der Waals surface area contributed by atoms with Crippen molar-refractivity contribution < 1.29 is 9.53 Å². The van der Waals surface area contributed by atoms with Crippen LogP contribution in [0.5, 0.6) is 5.75 Å². The lowest BCUT2D eigenvalue weighted by Crippen LogP contribution is -2.27. The molecule has 2 N–H and O–H groups in total. The van der Waals surface area contributed by atoms with Crippen LogP contribution in [0.15, 0.2) is 59.4 Å². The third-order valence-corrected chi connectivity index (χ3v) is 4.72. The van der Waals surface area contributed by atoms with E-state index in [-0.39, 0.29) is 18.0 Å². The number of nitrogens with one attached hydrogen (secondary N) is 2. The van der Waals surface area contributed by atoms with Crippen molar-refractivity contribution in [2.45, 2.75) is 26.8 Å². The molecule has 0 spiro atoms. The average molecular weight is 376 g/mol. The molecule has 0 aliphatic rings. The molecule has 0 saturated heterocycles. The van der Waals surface area contributed by atoms with Gasteiger partial charge in [-0.15, -0.1) is 0 Å². The summed E-state index contributed by atoms with van der Waals surface area (Å²) in [6, 6.07) is 17.3. The summed E-state index contributed by atoms with van der Waals surface area (Å²) in [4.78, 5) is 27.3. The zero-order valence-corrected chi connectivity index (χ0v) is 16.3. The summed E-state index contributed by atoms with van der Waals surface area (Å²) in [5.74, 6) is 0.645. The second kappa shape index (κ2) is 8.57. The van der Waals surface area contributed by atoms with E-state index in [1.165, 1.54) is 0 Å². The van der Waals surface area contributed by atoms with Gasteiger partial charge in [0, 0.05) is 29.8 Å². The Hall–Kier alpha value is -3.34. The van der Waals surface area contributed by atoms with Crippen molar-refractivity contribution in [2.75, 3.05) is 7.11 Å². The lowest BCUT2D eigenvalue weighted by Gasteiger charge is -2.10. The Morgan fingerprint density at radius 3 is 2.46 bits per heavy atom. The molecule has 28 heavy (non-hydrogen) atoms. The summed E-state index contributed by atoms with van der Waals surface area (Å²) in [5.41, 5.74) is 4.83. The maximum Gasteiger partial charge on any atom is 0.253 e. The number of aryl methyl sites for hydroxylation is 2. The molecule has 5 heteroatoms. The van der Waals surface area contributed by atoms with E-state index in [0.29, 0.717) is 11.1 Å². The van der Waals surface area contributed by atoms with Gasteiger partial charge in [-0.2, -0.15) is 0 Å². The van der Waals surface area contributed by atoms with Gasteiger partial charge < -0.3 is 15.0 Å². The number of methoxy groups -OCH3 is 1. The minimum absolute atomic E-state index is 0.162. The molecule has 0 aliphatic carbocycles. The van der Waals surface area contributed by atoms with Crippen LogP contribution in [0.2, 0.25) is 0 Å². The first-order valence-electron chi connectivity index (χ1n) is 9.16. The van der Waals surface area contributed by atoms with E-state index in [4.69, 9.17) is 4.74 Å². The Kier molecular flexibility index (Phi) is 5.94. The lowest BCUT2D eigenvalue weighted by atomic mass is 10.0. The molecule has 3 rings (SSSR count). The van der Waals surface area contributed by atoms with Crippen LogP contribution < -0.4 is 15.6 Å². The molecule has 0 unspecified atom stereocenters. The van der Waals surface area contributed by atoms with Crippen molar-refractivity contribution in [1.82, 2.24) is 10.3 Å². The highest BCUT2D eigenvalue weighted by Crippen LogP contribution is 2.21. The topological polar surface area (TPSA) is 71.2 Å². The number of para-hydroxylation sites is 1. The molecule has 1 amide bonds. The van der Waals surface area contributed by atoms with Gasteiger partial charge in [0.05, 0.1) is 7.11 Å². The summed E-state index contributed by atoms with van der Waals surface area (Å²) < 4.78 is 5.39. The minimum Gasteiger partial charge on any atom is -0.496 e. The van der Waals surface area contributed by atoms with Gasteiger partial charge in [0.25, 0.3) is 11.5 Å². The van der Waals surface area contributed by atoms with Crippen LogP contribution in [0.1, 0.15) is 38.3 Å². The second-order valence-corrected chi connectivity index (χ2v) is 6.81. The first-order valence-corrected chi connectivity index (χ1v) is 9.16. The number of rotatable bonds is 6. The largest absolute Gasteiger partial charge is 0.496 e. The Bertz CT molecular complexity index is 1040. The zero-order valence-electron chi connectivity index (χ0n) is 16.3. The molecular weight excluding hydrogens is 352 g/mol. The van der Waals surface area contributed by atoms with Crippen molar-refractivity contribution in [3.8, 4) is 5.75 Å². The summed E-state index contributed by atoms with van der Waals surface area (Å²) in [6.07, 6.45) is 0.726. The molecule has 2 aromatic carbocycles. The number of hydrogen-bond acceptors (Lipinski definition) is 3. The Morgan fingerprint density at radius 2 is 1.79 bits per heavy atom. The van der Waals surface area contributed by atoms with Crippen molar-refractivity contribution in [1.29, 1.82) is 0 Å². The number of carbonyl (C=O) groups is 1. The third-order valence-electron chi connectivity index (χ3n) is 4.72. The molecule has 0 fully saturated rings. The van der Waals surface area contributed by atoms with Crippen molar-refractivity contribution in [3.63, 3.8) is 0 Å². The van der Waals surface area contributed by atoms with Gasteiger partial charge in [0.1, 0.15) is 5.75 Å². The molecule has 0 bridgehead atoms. The summed E-state index contributed by atoms with van der Waals surface area (Å²) in [5, 5.41) is 2.82. The highest BCUT2D eigenvalue weighted by Gasteiger charge is 2.10. The number of aromatic nitrogens is 1. The fourth-order valence-corrected chi connectivity index (χ4v) is 3.21. The number of ether oxygens (including phenoxy) is 1. The Balaban J connectivity index is 1.66. The lowest BCUT2D eigenvalue weighted by molar-refractivity contribution is 0.0950. The van der Waals surface area contributed by atoms with Gasteiger partial charge in [0.15, 0.2) is 0 Å².